The fourth-order valence-corrected chi connectivity index (χ4v) is 1.90. The molecule has 0 aliphatic carbocycles. The van der Waals surface area contributed by atoms with Crippen LogP contribution in [0.2, 0.25) is 0 Å². The molecule has 1 rings (SSSR count). The molecule has 0 heterocycles. The van der Waals surface area contributed by atoms with E-state index < -0.39 is 16.2 Å². The lowest BCUT2D eigenvalue weighted by molar-refractivity contribution is 0.152. The molecule has 0 bridgehead atoms. The first kappa shape index (κ1) is 13.3. The maximum atomic E-state index is 10.9. The van der Waals surface area contributed by atoms with E-state index in [2.05, 4.69) is 0 Å². The Bertz CT molecular complexity index is 404. The zero-order valence-corrected chi connectivity index (χ0v) is 10.4. The van der Waals surface area contributed by atoms with Crippen molar-refractivity contribution in [2.45, 2.75) is 6.10 Å². The molecule has 90 valence electrons. The largest absolute Gasteiger partial charge is 0.491 e. The van der Waals surface area contributed by atoms with Gasteiger partial charge in [0, 0.05) is 0 Å². The van der Waals surface area contributed by atoms with Crippen molar-refractivity contribution in [3.8, 4) is 5.75 Å². The molecule has 0 aromatic heterocycles. The van der Waals surface area contributed by atoms with Gasteiger partial charge in [0.2, 0.25) is 0 Å². The molecule has 1 aromatic rings. The second kappa shape index (κ2) is 6.08. The number of para-hydroxylation sites is 1. The van der Waals surface area contributed by atoms with E-state index in [1.54, 1.807) is 12.1 Å². The minimum absolute atomic E-state index is 0.0555. The van der Waals surface area contributed by atoms with E-state index in [-0.39, 0.29) is 12.5 Å². The summed E-state index contributed by atoms with van der Waals surface area (Å²) in [5.74, 6) is 0.703. The van der Waals surface area contributed by atoms with Crippen molar-refractivity contribution in [2.24, 2.45) is 0 Å². The summed E-state index contributed by atoms with van der Waals surface area (Å²) in [6.45, 7) is 0.0978. The van der Waals surface area contributed by atoms with Gasteiger partial charge in [-0.1, -0.05) is 18.2 Å². The Kier molecular flexibility index (Phi) is 5.05. The van der Waals surface area contributed by atoms with E-state index in [0.29, 0.717) is 5.75 Å². The Labute approximate surface area is 100 Å². The fraction of sp³-hybridized carbons (Fsp3) is 0.400. The minimum Gasteiger partial charge on any atom is -0.491 e. The predicted octanol–water partition coefficient (Wildman–Crippen LogP) is 1.65. The van der Waals surface area contributed by atoms with Crippen molar-refractivity contribution >= 4 is 21.7 Å². The first-order valence-electron chi connectivity index (χ1n) is 4.63. The predicted molar refractivity (Wildman–Crippen MR) is 62.4 cm³/mol. The Morgan fingerprint density at radius 1 is 1.31 bits per heavy atom. The molecule has 4 nitrogen and oxygen atoms in total. The van der Waals surface area contributed by atoms with Crippen molar-refractivity contribution in [2.75, 3.05) is 18.7 Å². The highest BCUT2D eigenvalue weighted by Crippen LogP contribution is 2.10. The Balaban J connectivity index is 2.46. The molecule has 0 unspecified atom stereocenters. The molecule has 0 N–H and O–H groups in total. The van der Waals surface area contributed by atoms with Gasteiger partial charge in [-0.15, -0.1) is 11.6 Å². The van der Waals surface area contributed by atoms with Gasteiger partial charge in [-0.25, -0.2) is 0 Å². The number of rotatable bonds is 6. The summed E-state index contributed by atoms with van der Waals surface area (Å²) in [6, 6.07) is 9.04. The summed E-state index contributed by atoms with van der Waals surface area (Å²) >= 11 is 5.57. The molecule has 0 radical (unpaired) electrons. The summed E-state index contributed by atoms with van der Waals surface area (Å²) in [4.78, 5) is 0. The van der Waals surface area contributed by atoms with Crippen molar-refractivity contribution < 1.29 is 17.3 Å². The van der Waals surface area contributed by atoms with E-state index in [1.165, 1.54) is 0 Å². The van der Waals surface area contributed by atoms with Gasteiger partial charge in [0.25, 0.3) is 10.1 Å². The van der Waals surface area contributed by atoms with Crippen molar-refractivity contribution in [1.82, 2.24) is 0 Å². The maximum Gasteiger partial charge on any atom is 0.264 e. The highest BCUT2D eigenvalue weighted by molar-refractivity contribution is 7.86. The van der Waals surface area contributed by atoms with Crippen LogP contribution in [0.4, 0.5) is 0 Å². The minimum atomic E-state index is -3.50. The van der Waals surface area contributed by atoms with E-state index in [0.717, 1.165) is 6.26 Å². The number of ether oxygens (including phenoxy) is 1. The van der Waals surface area contributed by atoms with E-state index in [9.17, 15) is 8.42 Å². The molecule has 0 spiro atoms. The topological polar surface area (TPSA) is 52.6 Å². The lowest BCUT2D eigenvalue weighted by Gasteiger charge is -2.14. The quantitative estimate of drug-likeness (QED) is 0.579. The average molecular weight is 265 g/mol. The second-order valence-corrected chi connectivity index (χ2v) is 5.11. The summed E-state index contributed by atoms with van der Waals surface area (Å²) < 4.78 is 31.8. The summed E-state index contributed by atoms with van der Waals surface area (Å²) in [6.07, 6.45) is 0.312. The van der Waals surface area contributed by atoms with Crippen molar-refractivity contribution in [3.05, 3.63) is 30.3 Å². The van der Waals surface area contributed by atoms with Gasteiger partial charge in [0.15, 0.2) is 0 Å². The number of hydrogen-bond acceptors (Lipinski definition) is 4. The Morgan fingerprint density at radius 3 is 2.44 bits per heavy atom. The third kappa shape index (κ3) is 5.34. The highest BCUT2D eigenvalue weighted by atomic mass is 35.5. The maximum absolute atomic E-state index is 10.9. The van der Waals surface area contributed by atoms with Crippen molar-refractivity contribution in [3.63, 3.8) is 0 Å². The molecule has 0 aliphatic heterocycles. The molecule has 0 saturated carbocycles. The van der Waals surface area contributed by atoms with Crippen LogP contribution in [0.15, 0.2) is 30.3 Å². The molecular formula is C10H13ClO4S. The van der Waals surface area contributed by atoms with Gasteiger partial charge < -0.3 is 4.74 Å². The standard InChI is InChI=1S/C10H13ClO4S/c1-16(12,13)15-10(7-11)8-14-9-5-3-2-4-6-9/h2-6,10H,7-8H2,1H3/t10-/m0/s1. The average Bonchev–Trinajstić information content (AvgIpc) is 2.24. The molecule has 16 heavy (non-hydrogen) atoms. The Hall–Kier alpha value is -0.780. The van der Waals surface area contributed by atoms with Crippen LogP contribution in [0, 0.1) is 0 Å². The van der Waals surface area contributed by atoms with Gasteiger partial charge in [-0.3, -0.25) is 4.18 Å². The molecule has 0 saturated heterocycles. The molecule has 0 fully saturated rings. The second-order valence-electron chi connectivity index (χ2n) is 3.20. The normalized spacial score (nSPS) is 13.4. The highest BCUT2D eigenvalue weighted by Gasteiger charge is 2.15. The van der Waals surface area contributed by atoms with Crippen LogP contribution >= 0.6 is 11.6 Å². The third-order valence-electron chi connectivity index (χ3n) is 1.66. The lowest BCUT2D eigenvalue weighted by atomic mass is 10.3. The smallest absolute Gasteiger partial charge is 0.264 e. The van der Waals surface area contributed by atoms with Gasteiger partial charge in [-0.05, 0) is 12.1 Å². The van der Waals surface area contributed by atoms with Crippen LogP contribution in [0.3, 0.4) is 0 Å². The molecule has 1 atom stereocenters. The van der Waals surface area contributed by atoms with Gasteiger partial charge in [0.1, 0.15) is 18.5 Å². The van der Waals surface area contributed by atoms with E-state index in [4.69, 9.17) is 20.5 Å². The lowest BCUT2D eigenvalue weighted by Crippen LogP contribution is -2.26. The summed E-state index contributed by atoms with van der Waals surface area (Å²) in [7, 11) is -3.50. The van der Waals surface area contributed by atoms with E-state index >= 15 is 0 Å². The molecular weight excluding hydrogens is 252 g/mol. The zero-order chi connectivity index (χ0) is 12.0. The third-order valence-corrected chi connectivity index (χ3v) is 2.63. The zero-order valence-electron chi connectivity index (χ0n) is 8.80. The molecule has 0 amide bonds. The molecule has 0 aliphatic rings. The monoisotopic (exact) mass is 264 g/mol. The first-order chi connectivity index (χ1) is 7.51. The summed E-state index contributed by atoms with van der Waals surface area (Å²) in [5.41, 5.74) is 0. The Morgan fingerprint density at radius 2 is 1.94 bits per heavy atom. The summed E-state index contributed by atoms with van der Waals surface area (Å²) in [5, 5.41) is 0. The number of hydrogen-bond donors (Lipinski definition) is 0. The molecule has 6 heteroatoms. The van der Waals surface area contributed by atoms with Crippen LogP contribution in [0.25, 0.3) is 0 Å². The van der Waals surface area contributed by atoms with Crippen LogP contribution < -0.4 is 4.74 Å². The van der Waals surface area contributed by atoms with Crippen LogP contribution in [0.5, 0.6) is 5.75 Å². The van der Waals surface area contributed by atoms with Gasteiger partial charge in [-0.2, -0.15) is 8.42 Å². The van der Waals surface area contributed by atoms with Gasteiger partial charge in [0.05, 0.1) is 12.1 Å². The first-order valence-corrected chi connectivity index (χ1v) is 6.98. The number of benzene rings is 1. The van der Waals surface area contributed by atoms with Crippen LogP contribution in [-0.4, -0.2) is 33.3 Å². The molecule has 1 aromatic carbocycles. The van der Waals surface area contributed by atoms with E-state index in [1.807, 2.05) is 18.2 Å². The number of alkyl halides is 1. The SMILES string of the molecule is CS(=O)(=O)O[C@@H](CCl)COc1ccccc1. The van der Waals surface area contributed by atoms with Gasteiger partial charge >= 0.3 is 0 Å². The number of halogens is 1. The van der Waals surface area contributed by atoms with Crippen LogP contribution in [0.1, 0.15) is 0 Å². The van der Waals surface area contributed by atoms with Crippen molar-refractivity contribution in [1.29, 1.82) is 0 Å². The fourth-order valence-electron chi connectivity index (χ4n) is 1.05. The van der Waals surface area contributed by atoms with Crippen LogP contribution in [-0.2, 0) is 14.3 Å².